The first-order chi connectivity index (χ1) is 46.3. The van der Waals surface area contributed by atoms with Gasteiger partial charge in [0.25, 0.3) is 0 Å². The van der Waals surface area contributed by atoms with Crippen LogP contribution in [0.25, 0.3) is 0 Å². The molecule has 17 unspecified atom stereocenters. The van der Waals surface area contributed by atoms with E-state index in [1.807, 2.05) is 6.08 Å². The second kappa shape index (κ2) is 56.5. The van der Waals surface area contributed by atoms with Crippen LogP contribution in [0.4, 0.5) is 0 Å². The molecule has 3 saturated heterocycles. The van der Waals surface area contributed by atoms with Crippen molar-refractivity contribution < 1.29 is 89.4 Å². The van der Waals surface area contributed by atoms with E-state index in [1.54, 1.807) is 6.08 Å². The molecular formula is C76H131NO18. The van der Waals surface area contributed by atoms with Gasteiger partial charge in [-0.25, -0.2) is 0 Å². The van der Waals surface area contributed by atoms with E-state index in [1.165, 1.54) is 141 Å². The summed E-state index contributed by atoms with van der Waals surface area (Å²) in [6.45, 7) is 1.57. The van der Waals surface area contributed by atoms with Crippen LogP contribution in [-0.4, -0.2) is 193 Å². The summed E-state index contributed by atoms with van der Waals surface area (Å²) in [5.41, 5.74) is 0. The standard InChI is InChI=1S/C76H131NO18/c1-3-5-7-9-11-13-15-17-19-21-23-25-26-27-28-29-30-31-32-34-35-37-39-41-43-45-47-49-51-53-60(81)59(77-64(82)54-52-50-48-46-44-42-40-38-36-33-24-22-20-18-16-14-12-10-8-6-4-2)58-90-74-70(88)67(85)72(62(56-79)92-74)95-76-71(89)68(86)73(63(57-80)93-76)94-75-69(87)66(84)65(83)61(55-78)91-75/h6,8,12,14,18,20,24,33,38,40,43-46,51,53,59-63,65-76,78-81,83-89H,3-5,7,9-11,13,15-17,19,21-23,25-32,34-37,39,41-42,47-50,52,54-58H2,1-2H3,(H,77,82)/b8-6-,14-12-,20-18-,33-24-,40-38-,45-43+,46-44-,53-51+. The molecule has 3 aliphatic heterocycles. The number of rotatable bonds is 56. The molecule has 0 aromatic heterocycles. The van der Waals surface area contributed by atoms with Crippen LogP contribution in [0.1, 0.15) is 245 Å². The highest BCUT2D eigenvalue weighted by atomic mass is 16.8. The van der Waals surface area contributed by atoms with Gasteiger partial charge < -0.3 is 89.9 Å². The van der Waals surface area contributed by atoms with Crippen LogP contribution in [0.3, 0.4) is 0 Å². The zero-order chi connectivity index (χ0) is 68.9. The minimum Gasteiger partial charge on any atom is -0.394 e. The van der Waals surface area contributed by atoms with Crippen LogP contribution in [0.15, 0.2) is 97.2 Å². The Morgan fingerprint density at radius 3 is 1.18 bits per heavy atom. The SMILES string of the molecule is CC/C=C\C/C=C\C/C=C\C/C=C\C/C=C\C/C=C\CCCCC(=O)NC(COC1OC(CO)C(OC2OC(CO)C(OC3OC(CO)C(O)C(O)C3O)C(O)C2O)C(O)C1O)C(O)/C=C/CC/C=C/CCCCCCCCCCCCCCCCCCCCCCCCC. The Balaban J connectivity index is 1.44. The van der Waals surface area contributed by atoms with Crippen molar-refractivity contribution in [3.8, 4) is 0 Å². The average molecular weight is 1350 g/mol. The molecule has 95 heavy (non-hydrogen) atoms. The van der Waals surface area contributed by atoms with Crippen LogP contribution in [-0.2, 0) is 33.2 Å². The van der Waals surface area contributed by atoms with Crippen LogP contribution < -0.4 is 5.32 Å². The number of unbranched alkanes of at least 4 members (excludes halogenated alkanes) is 26. The van der Waals surface area contributed by atoms with Gasteiger partial charge in [-0.1, -0.05) is 252 Å². The third-order valence-electron chi connectivity index (χ3n) is 17.9. The molecule has 17 atom stereocenters. The summed E-state index contributed by atoms with van der Waals surface area (Å²) < 4.78 is 34.3. The van der Waals surface area contributed by atoms with Crippen LogP contribution in [0, 0.1) is 0 Å². The molecule has 19 nitrogen and oxygen atoms in total. The summed E-state index contributed by atoms with van der Waals surface area (Å²) in [5.74, 6) is -0.329. The lowest BCUT2D eigenvalue weighted by Gasteiger charge is -2.48. The lowest BCUT2D eigenvalue weighted by Crippen LogP contribution is -2.66. The van der Waals surface area contributed by atoms with Crippen molar-refractivity contribution in [1.29, 1.82) is 0 Å². The molecule has 1 amide bonds. The molecule has 12 N–H and O–H groups in total. The van der Waals surface area contributed by atoms with Gasteiger partial charge in [0.2, 0.25) is 5.91 Å². The van der Waals surface area contributed by atoms with E-state index in [2.05, 4.69) is 104 Å². The molecular weight excluding hydrogens is 1210 g/mol. The van der Waals surface area contributed by atoms with Gasteiger partial charge in [0.15, 0.2) is 18.9 Å². The number of hydrogen-bond donors (Lipinski definition) is 12. The van der Waals surface area contributed by atoms with Gasteiger partial charge in [-0.15, -0.1) is 0 Å². The Morgan fingerprint density at radius 2 is 0.737 bits per heavy atom. The maximum absolute atomic E-state index is 13.4. The fraction of sp³-hybridized carbons (Fsp3) is 0.776. The fourth-order valence-corrected chi connectivity index (χ4v) is 11.9. The molecule has 3 heterocycles. The Kier molecular flexibility index (Phi) is 51.1. The number of allylic oxidation sites excluding steroid dienone is 15. The van der Waals surface area contributed by atoms with Crippen LogP contribution >= 0.6 is 0 Å². The first-order valence-electron chi connectivity index (χ1n) is 37.0. The Bertz CT molecular complexity index is 2100. The number of nitrogens with one attached hydrogen (secondary N) is 1. The molecule has 0 aliphatic carbocycles. The molecule has 0 saturated carbocycles. The van der Waals surface area contributed by atoms with E-state index >= 15 is 0 Å². The van der Waals surface area contributed by atoms with Crippen molar-refractivity contribution in [2.45, 2.75) is 349 Å². The van der Waals surface area contributed by atoms with E-state index in [9.17, 15) is 61.0 Å². The topological polar surface area (TPSA) is 307 Å². The Hall–Kier alpha value is -3.29. The molecule has 0 spiro atoms. The zero-order valence-corrected chi connectivity index (χ0v) is 58.1. The molecule has 3 fully saturated rings. The van der Waals surface area contributed by atoms with Crippen molar-refractivity contribution in [1.82, 2.24) is 5.32 Å². The maximum atomic E-state index is 13.4. The highest BCUT2D eigenvalue weighted by Gasteiger charge is 2.53. The van der Waals surface area contributed by atoms with E-state index in [0.29, 0.717) is 12.8 Å². The molecule has 0 radical (unpaired) electrons. The van der Waals surface area contributed by atoms with Crippen molar-refractivity contribution in [2.24, 2.45) is 0 Å². The highest BCUT2D eigenvalue weighted by molar-refractivity contribution is 5.76. The second-order valence-corrected chi connectivity index (χ2v) is 26.0. The second-order valence-electron chi connectivity index (χ2n) is 26.0. The third-order valence-corrected chi connectivity index (χ3v) is 17.9. The maximum Gasteiger partial charge on any atom is 0.220 e. The van der Waals surface area contributed by atoms with E-state index in [4.69, 9.17) is 28.4 Å². The number of hydrogen-bond acceptors (Lipinski definition) is 18. The molecule has 0 aromatic rings. The van der Waals surface area contributed by atoms with Gasteiger partial charge in [-0.2, -0.15) is 0 Å². The molecule has 0 aromatic carbocycles. The predicted octanol–water partition coefficient (Wildman–Crippen LogP) is 10.8. The number of aliphatic hydroxyl groups excluding tert-OH is 11. The molecule has 3 aliphatic rings. The minimum absolute atomic E-state index is 0.175. The van der Waals surface area contributed by atoms with Gasteiger partial charge in [0.1, 0.15) is 73.2 Å². The first-order valence-corrected chi connectivity index (χ1v) is 37.0. The molecule has 0 bridgehead atoms. The summed E-state index contributed by atoms with van der Waals surface area (Å²) in [6, 6.07) is -1.02. The van der Waals surface area contributed by atoms with E-state index < -0.39 is 131 Å². The fourth-order valence-electron chi connectivity index (χ4n) is 11.9. The monoisotopic (exact) mass is 1350 g/mol. The van der Waals surface area contributed by atoms with Gasteiger partial charge >= 0.3 is 0 Å². The van der Waals surface area contributed by atoms with Crippen molar-refractivity contribution in [2.75, 3.05) is 26.4 Å². The smallest absolute Gasteiger partial charge is 0.220 e. The summed E-state index contributed by atoms with van der Waals surface area (Å²) >= 11 is 0. The van der Waals surface area contributed by atoms with Gasteiger partial charge in [0, 0.05) is 6.42 Å². The quantitative estimate of drug-likeness (QED) is 0.0199. The lowest BCUT2D eigenvalue weighted by atomic mass is 9.96. The largest absolute Gasteiger partial charge is 0.394 e. The van der Waals surface area contributed by atoms with Crippen molar-refractivity contribution in [3.63, 3.8) is 0 Å². The van der Waals surface area contributed by atoms with Crippen molar-refractivity contribution in [3.05, 3.63) is 97.2 Å². The van der Waals surface area contributed by atoms with Crippen molar-refractivity contribution >= 4 is 5.91 Å². The number of amides is 1. The summed E-state index contributed by atoms with van der Waals surface area (Å²) in [7, 11) is 0. The number of carbonyl (C=O) groups is 1. The highest BCUT2D eigenvalue weighted by Crippen LogP contribution is 2.33. The molecule has 19 heteroatoms. The predicted molar refractivity (Wildman–Crippen MR) is 374 cm³/mol. The number of aliphatic hydroxyl groups is 11. The van der Waals surface area contributed by atoms with Gasteiger partial charge in [-0.3, -0.25) is 4.79 Å². The van der Waals surface area contributed by atoms with E-state index in [-0.39, 0.29) is 12.3 Å². The van der Waals surface area contributed by atoms with Gasteiger partial charge in [-0.05, 0) is 83.5 Å². The van der Waals surface area contributed by atoms with Crippen LogP contribution in [0.5, 0.6) is 0 Å². The molecule has 548 valence electrons. The van der Waals surface area contributed by atoms with E-state index in [0.717, 1.165) is 70.6 Å². The Morgan fingerprint density at radius 1 is 0.389 bits per heavy atom. The normalized spacial score (nSPS) is 27.8. The first kappa shape index (κ1) is 85.9. The number of carbonyl (C=O) groups excluding carboxylic acids is 1. The average Bonchev–Trinajstić information content (AvgIpc) is 0.787. The number of ether oxygens (including phenoxy) is 6. The van der Waals surface area contributed by atoms with Crippen LogP contribution in [0.2, 0.25) is 0 Å². The summed E-state index contributed by atoms with van der Waals surface area (Å²) in [4.78, 5) is 13.4. The Labute approximate surface area is 571 Å². The zero-order valence-electron chi connectivity index (χ0n) is 58.1. The lowest BCUT2D eigenvalue weighted by molar-refractivity contribution is -0.379. The summed E-state index contributed by atoms with van der Waals surface area (Å²) in [6.07, 6.45) is 48.3. The van der Waals surface area contributed by atoms with Gasteiger partial charge in [0.05, 0.1) is 38.6 Å². The minimum atomic E-state index is -1.99. The molecule has 3 rings (SSSR count). The third kappa shape index (κ3) is 37.6. The summed E-state index contributed by atoms with van der Waals surface area (Å²) in [5, 5.41) is 121.